The Morgan fingerprint density at radius 2 is 0.740 bits per heavy atom. The minimum absolute atomic E-state index is 0.0624. The summed E-state index contributed by atoms with van der Waals surface area (Å²) in [6.07, 6.45) is 53.4. The van der Waals surface area contributed by atoms with Crippen molar-refractivity contribution < 1.29 is 15.0 Å². The van der Waals surface area contributed by atoms with Crippen molar-refractivity contribution >= 4 is 5.91 Å². The fourth-order valence-electron chi connectivity index (χ4n) is 7.24. The molecule has 0 spiro atoms. The monoisotopic (exact) mass is 706 g/mol. The lowest BCUT2D eigenvalue weighted by atomic mass is 10.0. The molecule has 0 aliphatic heterocycles. The van der Waals surface area contributed by atoms with Crippen molar-refractivity contribution in [2.24, 2.45) is 0 Å². The first-order valence-corrected chi connectivity index (χ1v) is 22.9. The second-order valence-corrected chi connectivity index (χ2v) is 15.8. The van der Waals surface area contributed by atoms with E-state index in [1.807, 2.05) is 6.08 Å². The number of carbonyl (C=O) groups is 1. The van der Waals surface area contributed by atoms with Gasteiger partial charge in [0.25, 0.3) is 0 Å². The van der Waals surface area contributed by atoms with Crippen LogP contribution in [0.2, 0.25) is 0 Å². The highest BCUT2D eigenvalue weighted by Gasteiger charge is 2.17. The maximum Gasteiger partial charge on any atom is 0.220 e. The molecule has 1 amide bonds. The van der Waals surface area contributed by atoms with Gasteiger partial charge in [0, 0.05) is 6.42 Å². The number of nitrogens with one attached hydrogen (secondary N) is 1. The van der Waals surface area contributed by atoms with Crippen LogP contribution in [0, 0.1) is 0 Å². The van der Waals surface area contributed by atoms with Gasteiger partial charge in [-0.15, -0.1) is 0 Å². The number of amides is 1. The van der Waals surface area contributed by atoms with Crippen molar-refractivity contribution in [1.82, 2.24) is 5.32 Å². The minimum atomic E-state index is -0.833. The zero-order chi connectivity index (χ0) is 36.4. The Bertz CT molecular complexity index is 680. The van der Waals surface area contributed by atoms with E-state index < -0.39 is 12.1 Å². The summed E-state index contributed by atoms with van der Waals surface area (Å²) >= 11 is 0. The molecule has 2 unspecified atom stereocenters. The van der Waals surface area contributed by atoms with Gasteiger partial charge in [0.1, 0.15) is 0 Å². The Kier molecular flexibility index (Phi) is 41.8. The zero-order valence-corrected chi connectivity index (χ0v) is 34.2. The normalized spacial score (nSPS) is 13.0. The van der Waals surface area contributed by atoms with Crippen LogP contribution in [-0.4, -0.2) is 34.9 Å². The quantitative estimate of drug-likeness (QED) is 0.0437. The van der Waals surface area contributed by atoms with Crippen LogP contribution in [0.3, 0.4) is 0 Å². The Morgan fingerprint density at radius 3 is 1.04 bits per heavy atom. The number of allylic oxidation sites excluding steroid dienone is 1. The maximum atomic E-state index is 12.3. The average Bonchev–Trinajstić information content (AvgIpc) is 3.12. The molecule has 0 radical (unpaired) electrons. The lowest BCUT2D eigenvalue weighted by molar-refractivity contribution is -0.123. The summed E-state index contributed by atoms with van der Waals surface area (Å²) in [4.78, 5) is 12.3. The van der Waals surface area contributed by atoms with Crippen molar-refractivity contribution in [3.05, 3.63) is 12.2 Å². The summed E-state index contributed by atoms with van der Waals surface area (Å²) in [6, 6.07) is -0.615. The van der Waals surface area contributed by atoms with Crippen LogP contribution in [0.1, 0.15) is 258 Å². The van der Waals surface area contributed by atoms with Gasteiger partial charge in [-0.1, -0.05) is 244 Å². The van der Waals surface area contributed by atoms with Crippen LogP contribution in [0.25, 0.3) is 0 Å². The van der Waals surface area contributed by atoms with Gasteiger partial charge >= 0.3 is 0 Å². The smallest absolute Gasteiger partial charge is 0.220 e. The number of carbonyl (C=O) groups excluding carboxylic acids is 1. The Hall–Kier alpha value is -0.870. The Morgan fingerprint density at radius 1 is 0.460 bits per heavy atom. The van der Waals surface area contributed by atoms with Crippen LogP contribution in [0.5, 0.6) is 0 Å². The first-order chi connectivity index (χ1) is 24.7. The van der Waals surface area contributed by atoms with Crippen LogP contribution in [0.15, 0.2) is 12.2 Å². The van der Waals surface area contributed by atoms with E-state index in [1.165, 1.54) is 212 Å². The van der Waals surface area contributed by atoms with Gasteiger partial charge < -0.3 is 15.5 Å². The molecule has 0 aromatic heterocycles. The molecule has 4 heteroatoms. The number of rotatable bonds is 42. The van der Waals surface area contributed by atoms with Crippen molar-refractivity contribution in [2.45, 2.75) is 270 Å². The maximum absolute atomic E-state index is 12.3. The van der Waals surface area contributed by atoms with E-state index in [-0.39, 0.29) is 12.5 Å². The van der Waals surface area contributed by atoms with E-state index in [2.05, 4.69) is 19.2 Å². The Labute approximate surface area is 314 Å². The standard InChI is InChI=1S/C46H91NO3/c1-3-5-7-9-11-13-15-16-17-18-19-20-21-22-23-24-25-26-27-28-29-30-32-33-35-37-39-41-45(49)44(43-48)47-46(50)42-40-38-36-34-31-14-12-10-8-6-4-2/h39,41,44-45,48-49H,3-38,40,42-43H2,1-2H3,(H,47,50)/b41-39+. The van der Waals surface area contributed by atoms with Crippen molar-refractivity contribution in [3.8, 4) is 0 Å². The zero-order valence-electron chi connectivity index (χ0n) is 34.2. The summed E-state index contributed by atoms with van der Waals surface area (Å²) < 4.78 is 0. The molecular formula is C46H91NO3. The number of hydrogen-bond acceptors (Lipinski definition) is 3. The molecule has 0 fully saturated rings. The van der Waals surface area contributed by atoms with E-state index >= 15 is 0 Å². The number of aliphatic hydroxyl groups is 2. The first kappa shape index (κ1) is 49.1. The first-order valence-electron chi connectivity index (χ1n) is 22.9. The summed E-state index contributed by atoms with van der Waals surface area (Å²) in [5.41, 5.74) is 0. The molecule has 50 heavy (non-hydrogen) atoms. The summed E-state index contributed by atoms with van der Waals surface area (Å²) in [6.45, 7) is 4.32. The number of hydrogen-bond donors (Lipinski definition) is 3. The van der Waals surface area contributed by atoms with E-state index in [0.29, 0.717) is 6.42 Å². The topological polar surface area (TPSA) is 69.6 Å². The minimum Gasteiger partial charge on any atom is -0.394 e. The van der Waals surface area contributed by atoms with Gasteiger partial charge in [0.2, 0.25) is 5.91 Å². The highest BCUT2D eigenvalue weighted by molar-refractivity contribution is 5.76. The molecule has 3 N–H and O–H groups in total. The van der Waals surface area contributed by atoms with Crippen molar-refractivity contribution in [1.29, 1.82) is 0 Å². The van der Waals surface area contributed by atoms with Crippen LogP contribution >= 0.6 is 0 Å². The van der Waals surface area contributed by atoms with Crippen molar-refractivity contribution in [2.75, 3.05) is 6.61 Å². The lowest BCUT2D eigenvalue weighted by Crippen LogP contribution is -2.45. The summed E-state index contributed by atoms with van der Waals surface area (Å²) in [5.74, 6) is -0.0624. The molecular weight excluding hydrogens is 615 g/mol. The van der Waals surface area contributed by atoms with Crippen LogP contribution in [-0.2, 0) is 4.79 Å². The van der Waals surface area contributed by atoms with E-state index in [4.69, 9.17) is 0 Å². The molecule has 0 rings (SSSR count). The largest absolute Gasteiger partial charge is 0.394 e. The van der Waals surface area contributed by atoms with Gasteiger partial charge in [-0.2, -0.15) is 0 Å². The second-order valence-electron chi connectivity index (χ2n) is 15.8. The SMILES string of the molecule is CCCCCCCCCCCCCCCCCCCCCCCCCCC/C=C/C(O)C(CO)NC(=O)CCCCCCCCCCCCC. The molecule has 0 aromatic rings. The molecule has 0 heterocycles. The molecule has 298 valence electrons. The van der Waals surface area contributed by atoms with Gasteiger partial charge in [-0.05, 0) is 19.3 Å². The summed E-state index contributed by atoms with van der Waals surface area (Å²) in [5, 5.41) is 23.0. The third-order valence-corrected chi connectivity index (χ3v) is 10.8. The molecule has 0 aromatic carbocycles. The molecule has 4 nitrogen and oxygen atoms in total. The molecule has 0 saturated heterocycles. The third-order valence-electron chi connectivity index (χ3n) is 10.8. The lowest BCUT2D eigenvalue weighted by Gasteiger charge is -2.20. The van der Waals surface area contributed by atoms with Gasteiger partial charge in [0.05, 0.1) is 18.8 Å². The molecule has 2 atom stereocenters. The summed E-state index contributed by atoms with van der Waals surface area (Å²) in [7, 11) is 0. The number of aliphatic hydroxyl groups excluding tert-OH is 2. The predicted molar refractivity (Wildman–Crippen MR) is 221 cm³/mol. The third kappa shape index (κ3) is 38.4. The highest BCUT2D eigenvalue weighted by Crippen LogP contribution is 2.17. The second kappa shape index (κ2) is 42.5. The molecule has 0 saturated carbocycles. The highest BCUT2D eigenvalue weighted by atomic mass is 16.3. The van der Waals surface area contributed by atoms with Gasteiger partial charge in [0.15, 0.2) is 0 Å². The van der Waals surface area contributed by atoms with E-state index in [9.17, 15) is 15.0 Å². The van der Waals surface area contributed by atoms with Gasteiger partial charge in [-0.3, -0.25) is 4.79 Å². The van der Waals surface area contributed by atoms with Crippen LogP contribution < -0.4 is 5.32 Å². The van der Waals surface area contributed by atoms with Crippen LogP contribution in [0.4, 0.5) is 0 Å². The Balaban J connectivity index is 3.45. The fraction of sp³-hybridized carbons (Fsp3) is 0.935. The van der Waals surface area contributed by atoms with Crippen molar-refractivity contribution in [3.63, 3.8) is 0 Å². The fourth-order valence-corrected chi connectivity index (χ4v) is 7.24. The number of unbranched alkanes of at least 4 members (excludes halogenated alkanes) is 35. The molecule has 0 bridgehead atoms. The average molecular weight is 706 g/mol. The van der Waals surface area contributed by atoms with E-state index in [1.54, 1.807) is 6.08 Å². The molecule has 0 aliphatic rings. The van der Waals surface area contributed by atoms with E-state index in [0.717, 1.165) is 25.7 Å². The van der Waals surface area contributed by atoms with Gasteiger partial charge in [-0.25, -0.2) is 0 Å². The molecule has 0 aliphatic carbocycles. The predicted octanol–water partition coefficient (Wildman–Crippen LogP) is 14.2.